The lowest BCUT2D eigenvalue weighted by atomic mass is 10.1. The highest BCUT2D eigenvalue weighted by molar-refractivity contribution is 8.54. The van der Waals surface area contributed by atoms with E-state index in [1.54, 1.807) is 57.8 Å². The van der Waals surface area contributed by atoms with Gasteiger partial charge in [-0.2, -0.15) is 0 Å². The summed E-state index contributed by atoms with van der Waals surface area (Å²) in [5.41, 5.74) is 16.3. The molecule has 0 amide bonds. The summed E-state index contributed by atoms with van der Waals surface area (Å²) in [6.07, 6.45) is -0.653. The van der Waals surface area contributed by atoms with Crippen molar-refractivity contribution in [2.45, 2.75) is 62.1 Å². The maximum absolute atomic E-state index is 14.9. The number of nitrogens with zero attached hydrogens (tertiary/aromatic N) is 7. The Morgan fingerprint density at radius 1 is 0.931 bits per heavy atom. The number of aromatic nitrogens is 7. The molecule has 3 unspecified atom stereocenters. The molecule has 0 saturated carbocycles. The highest BCUT2D eigenvalue weighted by atomic mass is 32.7. The molecule has 4 aromatic heterocycles. The number of carbonyl (C=O) groups is 1. The Bertz CT molecular complexity index is 2450. The summed E-state index contributed by atoms with van der Waals surface area (Å²) in [6, 6.07) is 15.4. The molecule has 6 heterocycles. The summed E-state index contributed by atoms with van der Waals surface area (Å²) < 4.78 is 54.4. The fraction of sp³-hybridized carbons (Fsp3) is 0.351. The van der Waals surface area contributed by atoms with Gasteiger partial charge >= 0.3 is 12.8 Å². The van der Waals surface area contributed by atoms with Gasteiger partial charge in [0.2, 0.25) is 0 Å². The van der Waals surface area contributed by atoms with Gasteiger partial charge < -0.3 is 40.6 Å². The number of benzene rings is 2. The number of methoxy groups -OCH3 is 1. The lowest BCUT2D eigenvalue weighted by Gasteiger charge is -2.28. The Balaban J connectivity index is 1.01. The van der Waals surface area contributed by atoms with Gasteiger partial charge in [0.1, 0.15) is 53.8 Å². The van der Waals surface area contributed by atoms with Crippen molar-refractivity contribution >= 4 is 58.0 Å². The van der Waals surface area contributed by atoms with Crippen molar-refractivity contribution in [3.63, 3.8) is 0 Å². The molecule has 8 atom stereocenters. The number of ether oxygens (including phenoxy) is 4. The number of pyridine rings is 1. The lowest BCUT2D eigenvalue weighted by molar-refractivity contribution is -0.0583. The van der Waals surface area contributed by atoms with E-state index in [2.05, 4.69) is 24.9 Å². The van der Waals surface area contributed by atoms with E-state index in [1.165, 1.54) is 26.1 Å². The molecule has 2 aromatic carbocycles. The normalized spacial score (nSPS) is 24.4. The van der Waals surface area contributed by atoms with E-state index in [9.17, 15) is 19.6 Å². The first-order chi connectivity index (χ1) is 28.0. The van der Waals surface area contributed by atoms with Gasteiger partial charge in [-0.25, -0.2) is 34.3 Å². The maximum Gasteiger partial charge on any atom is 0.389 e. The van der Waals surface area contributed by atoms with Gasteiger partial charge in [-0.15, -0.1) is 0 Å². The van der Waals surface area contributed by atoms with Gasteiger partial charge in [-0.1, -0.05) is 29.8 Å². The minimum absolute atomic E-state index is 0.120. The molecule has 6 aromatic rings. The largest absolute Gasteiger partial charge is 0.423 e. The van der Waals surface area contributed by atoms with Crippen LogP contribution in [-0.4, -0.2) is 101 Å². The van der Waals surface area contributed by atoms with Gasteiger partial charge in [-0.05, 0) is 54.2 Å². The van der Waals surface area contributed by atoms with Crippen LogP contribution in [0.3, 0.4) is 0 Å². The van der Waals surface area contributed by atoms with Crippen LogP contribution in [0, 0.1) is 6.92 Å². The molecular formula is C37H40N9O10PS. The molecule has 0 spiro atoms. The topological polar surface area (TPSA) is 256 Å². The minimum Gasteiger partial charge on any atom is -0.423 e. The number of hydrogen-bond donors (Lipinski definition) is 4. The predicted molar refractivity (Wildman–Crippen MR) is 210 cm³/mol. The third-order valence-electron chi connectivity index (χ3n) is 9.86. The average Bonchev–Trinajstić information content (AvgIpc) is 4.02. The number of aliphatic hydroxyl groups is 2. The number of rotatable bonds is 14. The zero-order valence-electron chi connectivity index (χ0n) is 31.2. The Labute approximate surface area is 334 Å². The molecule has 2 fully saturated rings. The first kappa shape index (κ1) is 39.8. The lowest BCUT2D eigenvalue weighted by Crippen LogP contribution is -2.37. The Hall–Kier alpha value is -5.02. The van der Waals surface area contributed by atoms with E-state index in [-0.39, 0.29) is 24.6 Å². The summed E-state index contributed by atoms with van der Waals surface area (Å²) in [7, 11) is 1.43. The van der Waals surface area contributed by atoms with E-state index in [4.69, 9.17) is 39.5 Å². The third-order valence-corrected chi connectivity index (χ3v) is 13.5. The van der Waals surface area contributed by atoms with E-state index < -0.39 is 62.3 Å². The van der Waals surface area contributed by atoms with Gasteiger partial charge in [0, 0.05) is 25.5 Å². The van der Waals surface area contributed by atoms with Crippen LogP contribution < -0.4 is 16.2 Å². The summed E-state index contributed by atoms with van der Waals surface area (Å²) in [4.78, 5) is 34.0. The second kappa shape index (κ2) is 16.7. The van der Waals surface area contributed by atoms with Crippen LogP contribution in [0.25, 0.3) is 22.3 Å². The van der Waals surface area contributed by atoms with Gasteiger partial charge in [0.15, 0.2) is 23.3 Å². The number of aliphatic hydroxyl groups excluding tert-OH is 2. The molecule has 0 radical (unpaired) electrons. The summed E-state index contributed by atoms with van der Waals surface area (Å²) in [5, 5.41) is 21.6. The maximum atomic E-state index is 14.9. The van der Waals surface area contributed by atoms with Crippen molar-refractivity contribution in [1.82, 2.24) is 34.1 Å². The minimum atomic E-state index is -4.23. The number of aryl methyl sites for hydroxylation is 1. The molecule has 2 saturated heterocycles. The number of nitrogen functional groups attached to an aromatic ring is 2. The van der Waals surface area contributed by atoms with Gasteiger partial charge in [0.05, 0.1) is 43.2 Å². The quantitative estimate of drug-likeness (QED) is 0.0688. The van der Waals surface area contributed by atoms with E-state index in [0.29, 0.717) is 44.9 Å². The Morgan fingerprint density at radius 3 is 2.43 bits per heavy atom. The molecule has 6 N–H and O–H groups in total. The molecule has 304 valence electrons. The number of esters is 1. The van der Waals surface area contributed by atoms with Crippen molar-refractivity contribution in [2.24, 2.45) is 0 Å². The Morgan fingerprint density at radius 2 is 1.67 bits per heavy atom. The number of nitrogens with two attached hydrogens (primary N) is 2. The molecule has 58 heavy (non-hydrogen) atoms. The average molecular weight is 834 g/mol. The predicted octanol–water partition coefficient (Wildman–Crippen LogP) is 3.96. The molecular weight excluding hydrogens is 794 g/mol. The number of anilines is 2. The zero-order valence-corrected chi connectivity index (χ0v) is 32.9. The fourth-order valence-electron chi connectivity index (χ4n) is 6.79. The highest BCUT2D eigenvalue weighted by Crippen LogP contribution is 2.64. The summed E-state index contributed by atoms with van der Waals surface area (Å²) in [6.45, 7) is -3.16. The van der Waals surface area contributed by atoms with Crippen molar-refractivity contribution in [1.29, 1.82) is 0 Å². The van der Waals surface area contributed by atoms with E-state index >= 15 is 0 Å². The van der Waals surface area contributed by atoms with Crippen LogP contribution in [0.4, 0.5) is 11.5 Å². The fourth-order valence-corrected chi connectivity index (χ4v) is 10.2. The molecule has 2 aliphatic heterocycles. The molecule has 19 nitrogen and oxygen atoms in total. The third kappa shape index (κ3) is 8.02. The summed E-state index contributed by atoms with van der Waals surface area (Å²) >= 11 is 0.875. The van der Waals surface area contributed by atoms with E-state index in [0.717, 1.165) is 16.9 Å². The first-order valence-electron chi connectivity index (χ1n) is 18.1. The van der Waals surface area contributed by atoms with Crippen LogP contribution in [0.2, 0.25) is 0 Å². The van der Waals surface area contributed by atoms with Crippen LogP contribution in [0.15, 0.2) is 79.8 Å². The smallest absolute Gasteiger partial charge is 0.389 e. The number of imidazole rings is 2. The molecule has 21 heteroatoms. The molecule has 0 bridgehead atoms. The van der Waals surface area contributed by atoms with Crippen LogP contribution in [0.5, 0.6) is 5.75 Å². The second-order valence-corrected chi connectivity index (χ2v) is 17.7. The zero-order chi connectivity index (χ0) is 40.6. The number of carbonyl (C=O) groups excluding carboxylic acids is 1. The van der Waals surface area contributed by atoms with Crippen LogP contribution in [0.1, 0.15) is 40.4 Å². The van der Waals surface area contributed by atoms with Crippen LogP contribution in [-0.2, 0) is 33.6 Å². The van der Waals surface area contributed by atoms with Gasteiger partial charge in [0.25, 0.3) is 0 Å². The number of fused-ring (bicyclic) bond motifs is 2. The van der Waals surface area contributed by atoms with Crippen LogP contribution >= 0.6 is 18.2 Å². The highest BCUT2D eigenvalue weighted by Gasteiger charge is 2.51. The van der Waals surface area contributed by atoms with Crippen molar-refractivity contribution in [3.05, 3.63) is 96.5 Å². The molecule has 0 aliphatic carbocycles. The van der Waals surface area contributed by atoms with Crippen molar-refractivity contribution in [3.8, 4) is 5.75 Å². The monoisotopic (exact) mass is 833 g/mol. The second-order valence-electron chi connectivity index (χ2n) is 13.7. The standard InChI is InChI=1S/C37H40N9O10PS/c1-20-3-7-22(8-4-20)37(49)53-23-9-5-21(6-10-23)16-58-57(50,52-15-27-25(48)13-28(54-27)45-18-43-29-24(38)11-12-40-34(29)45)56-31-26(14-47)55-36(32(31)51-2)46-19-44-30-33(39)41-17-42-35(30)46/h3-12,17-19,25-28,31-32,36,47-48H,13-16H2,1-2H3,(H2,38,40)(H2,39,41,42)/t25?,26-,27-,28-,31?,32+,36-,57?/m1/s1. The molecule has 2 aliphatic rings. The first-order valence-corrected chi connectivity index (χ1v) is 21.3. The Kier molecular flexibility index (Phi) is 11.4. The van der Waals surface area contributed by atoms with Crippen molar-refractivity contribution < 1.29 is 47.6 Å². The van der Waals surface area contributed by atoms with Gasteiger partial charge in [-0.3, -0.25) is 18.2 Å². The SMILES string of the molecule is CO[C@H]1C(OP(=O)(OC[C@H]2O[C@@H](n3cnc4c(N)ccnc43)CC2O)SCc2ccc(OC(=O)c3ccc(C)cc3)cc2)[C@@H](CO)O[C@H]1n1cnc2c(N)ncnc21. The van der Waals surface area contributed by atoms with E-state index in [1.807, 2.05) is 19.1 Å². The molecule has 8 rings (SSSR count). The summed E-state index contributed by atoms with van der Waals surface area (Å²) in [5.74, 6) is 0.0998. The van der Waals surface area contributed by atoms with Crippen molar-refractivity contribution in [2.75, 3.05) is 31.8 Å². The number of hydrogen-bond acceptors (Lipinski definition) is 18.